The Hall–Kier alpha value is -1.03. The minimum Gasteiger partial charge on any atom is -0.369 e. The first-order chi connectivity index (χ1) is 9.94. The maximum absolute atomic E-state index is 12.6. The van der Waals surface area contributed by atoms with Gasteiger partial charge in [-0.25, -0.2) is 23.1 Å². The zero-order valence-electron chi connectivity index (χ0n) is 11.5. The van der Waals surface area contributed by atoms with Gasteiger partial charge in [0.05, 0.1) is 6.04 Å². The van der Waals surface area contributed by atoms with Crippen molar-refractivity contribution in [2.45, 2.75) is 24.8 Å². The number of anilines is 1. The highest BCUT2D eigenvalue weighted by molar-refractivity contribution is 9.10. The monoisotopic (exact) mass is 390 g/mol. The first-order valence-electron chi connectivity index (χ1n) is 6.25. The van der Waals surface area contributed by atoms with Crippen molar-refractivity contribution in [1.29, 1.82) is 0 Å². The van der Waals surface area contributed by atoms with Crippen LogP contribution in [0, 0.1) is 0 Å². The third-order valence-electron chi connectivity index (χ3n) is 2.61. The fraction of sp³-hybridized carbons (Fsp3) is 0.333. The largest absolute Gasteiger partial charge is 0.369 e. The van der Waals surface area contributed by atoms with Gasteiger partial charge in [-0.1, -0.05) is 0 Å². The van der Waals surface area contributed by atoms with Crippen LogP contribution in [0.4, 0.5) is 5.82 Å². The van der Waals surface area contributed by atoms with Crippen LogP contribution in [-0.2, 0) is 10.0 Å². The van der Waals surface area contributed by atoms with Crippen LogP contribution in [0.5, 0.6) is 0 Å². The Morgan fingerprint density at radius 2 is 2.19 bits per heavy atom. The Morgan fingerprint density at radius 3 is 2.81 bits per heavy atom. The Labute approximate surface area is 136 Å². The summed E-state index contributed by atoms with van der Waals surface area (Å²) in [6.45, 7) is 4.22. The van der Waals surface area contributed by atoms with Crippen LogP contribution in [0.25, 0.3) is 0 Å². The molecule has 1 unspecified atom stereocenters. The quantitative estimate of drug-likeness (QED) is 0.791. The molecule has 2 aromatic heterocycles. The summed E-state index contributed by atoms with van der Waals surface area (Å²) in [5, 5.41) is 5.48. The fourth-order valence-electron chi connectivity index (χ4n) is 1.72. The third-order valence-corrected chi connectivity index (χ3v) is 5.55. The molecule has 0 saturated heterocycles. The Morgan fingerprint density at radius 1 is 1.43 bits per heavy atom. The molecule has 9 heteroatoms. The highest BCUT2D eigenvalue weighted by Crippen LogP contribution is 2.25. The van der Waals surface area contributed by atoms with Gasteiger partial charge >= 0.3 is 0 Å². The summed E-state index contributed by atoms with van der Waals surface area (Å²) in [6, 6.07) is 1.13. The molecule has 2 rings (SSSR count). The van der Waals surface area contributed by atoms with Gasteiger partial charge in [0.15, 0.2) is 0 Å². The molecule has 0 bridgehead atoms. The lowest BCUT2D eigenvalue weighted by molar-refractivity contribution is 0.566. The van der Waals surface area contributed by atoms with Gasteiger partial charge in [-0.05, 0) is 35.8 Å². The van der Waals surface area contributed by atoms with Gasteiger partial charge in [0.25, 0.3) is 0 Å². The number of hydrogen-bond donors (Lipinski definition) is 2. The van der Waals surface area contributed by atoms with Crippen LogP contribution in [0.15, 0.2) is 33.2 Å². The van der Waals surface area contributed by atoms with Crippen molar-refractivity contribution in [3.05, 3.63) is 33.3 Å². The second-order valence-corrected chi connectivity index (χ2v) is 7.77. The molecule has 0 aliphatic rings. The van der Waals surface area contributed by atoms with Crippen LogP contribution in [0.2, 0.25) is 0 Å². The topological polar surface area (TPSA) is 84.0 Å². The molecule has 1 atom stereocenters. The molecular formula is C12H15BrN4O2S2. The number of pyridine rings is 1. The van der Waals surface area contributed by atoms with Crippen LogP contribution in [0.1, 0.15) is 24.9 Å². The minimum atomic E-state index is -3.70. The Balaban J connectivity index is 2.33. The lowest BCUT2D eigenvalue weighted by Gasteiger charge is -2.15. The molecule has 6 nitrogen and oxygen atoms in total. The van der Waals surface area contributed by atoms with Crippen molar-refractivity contribution in [1.82, 2.24) is 14.7 Å². The molecule has 0 aromatic carbocycles. The molecule has 0 amide bonds. The van der Waals surface area contributed by atoms with Crippen LogP contribution in [0.3, 0.4) is 0 Å². The molecule has 2 N–H and O–H groups in total. The zero-order valence-corrected chi connectivity index (χ0v) is 14.7. The molecule has 0 aliphatic carbocycles. The molecule has 0 spiro atoms. The highest BCUT2D eigenvalue weighted by Gasteiger charge is 2.23. The number of aromatic nitrogens is 2. The summed E-state index contributed by atoms with van der Waals surface area (Å²) in [7, 11) is -3.70. The Kier molecular flexibility index (Phi) is 5.31. The van der Waals surface area contributed by atoms with Crippen LogP contribution >= 0.6 is 27.3 Å². The first-order valence-corrected chi connectivity index (χ1v) is 9.40. The van der Waals surface area contributed by atoms with Gasteiger partial charge in [-0.15, -0.1) is 11.3 Å². The molecular weight excluding hydrogens is 376 g/mol. The van der Waals surface area contributed by atoms with Gasteiger partial charge in [0.1, 0.15) is 15.7 Å². The van der Waals surface area contributed by atoms with Gasteiger partial charge in [0, 0.05) is 28.8 Å². The molecule has 2 heterocycles. The van der Waals surface area contributed by atoms with Crippen molar-refractivity contribution in [3.63, 3.8) is 0 Å². The lowest BCUT2D eigenvalue weighted by Crippen LogP contribution is -2.28. The first kappa shape index (κ1) is 16.3. The number of rotatable bonds is 6. The summed E-state index contributed by atoms with van der Waals surface area (Å²) < 4.78 is 28.3. The van der Waals surface area contributed by atoms with Crippen molar-refractivity contribution < 1.29 is 8.42 Å². The number of hydrogen-bond acceptors (Lipinski definition) is 6. The Bertz CT molecular complexity index is 704. The predicted octanol–water partition coefficient (Wildman–Crippen LogP) is 2.77. The number of halogens is 1. The van der Waals surface area contributed by atoms with E-state index in [4.69, 9.17) is 0 Å². The molecule has 0 saturated carbocycles. The average Bonchev–Trinajstić information content (AvgIpc) is 2.94. The number of thiazole rings is 1. The van der Waals surface area contributed by atoms with E-state index < -0.39 is 16.1 Å². The fourth-order valence-corrected chi connectivity index (χ4v) is 4.29. The SMILES string of the molecule is CCNc1ncc(Br)cc1S(=O)(=O)NC(C)c1nccs1. The standard InChI is InChI=1S/C12H15BrN4O2S2/c1-3-14-11-10(6-9(13)7-16-11)21(18,19)17-8(2)12-15-4-5-20-12/h4-8,17H,3H2,1-2H3,(H,14,16). The zero-order chi connectivity index (χ0) is 15.5. The summed E-state index contributed by atoms with van der Waals surface area (Å²) >= 11 is 4.66. The van der Waals surface area contributed by atoms with E-state index in [1.54, 1.807) is 19.3 Å². The summed E-state index contributed by atoms with van der Waals surface area (Å²) in [6.07, 6.45) is 3.21. The molecule has 0 aliphatic heterocycles. The van der Waals surface area contributed by atoms with E-state index in [1.807, 2.05) is 12.3 Å². The van der Waals surface area contributed by atoms with E-state index >= 15 is 0 Å². The maximum Gasteiger partial charge on any atom is 0.244 e. The predicted molar refractivity (Wildman–Crippen MR) is 87.0 cm³/mol. The normalized spacial score (nSPS) is 13.1. The average molecular weight is 391 g/mol. The van der Waals surface area contributed by atoms with Gasteiger partial charge in [0.2, 0.25) is 10.0 Å². The van der Waals surface area contributed by atoms with E-state index in [0.29, 0.717) is 21.8 Å². The van der Waals surface area contributed by atoms with E-state index in [9.17, 15) is 8.42 Å². The maximum atomic E-state index is 12.6. The van der Waals surface area contributed by atoms with Crippen molar-refractivity contribution in [3.8, 4) is 0 Å². The minimum absolute atomic E-state index is 0.113. The third kappa shape index (κ3) is 4.00. The number of sulfonamides is 1. The van der Waals surface area contributed by atoms with Crippen molar-refractivity contribution in [2.75, 3.05) is 11.9 Å². The number of nitrogens with zero attached hydrogens (tertiary/aromatic N) is 2. The molecule has 0 fully saturated rings. The van der Waals surface area contributed by atoms with E-state index in [-0.39, 0.29) is 4.90 Å². The van der Waals surface area contributed by atoms with E-state index in [1.165, 1.54) is 17.4 Å². The highest BCUT2D eigenvalue weighted by atomic mass is 79.9. The van der Waals surface area contributed by atoms with E-state index in [0.717, 1.165) is 0 Å². The summed E-state index contributed by atoms with van der Waals surface area (Å²) in [4.78, 5) is 8.35. The van der Waals surface area contributed by atoms with Gasteiger partial charge < -0.3 is 5.32 Å². The van der Waals surface area contributed by atoms with E-state index in [2.05, 4.69) is 35.9 Å². The van der Waals surface area contributed by atoms with Crippen LogP contribution < -0.4 is 10.0 Å². The second-order valence-electron chi connectivity index (χ2n) is 4.24. The lowest BCUT2D eigenvalue weighted by atomic mass is 10.4. The smallest absolute Gasteiger partial charge is 0.244 e. The van der Waals surface area contributed by atoms with Crippen LogP contribution in [-0.4, -0.2) is 24.9 Å². The van der Waals surface area contributed by atoms with Crippen molar-refractivity contribution >= 4 is 43.1 Å². The molecule has 114 valence electrons. The molecule has 0 radical (unpaired) electrons. The summed E-state index contributed by atoms with van der Waals surface area (Å²) in [5.74, 6) is 0.333. The summed E-state index contributed by atoms with van der Waals surface area (Å²) in [5.41, 5.74) is 0. The second kappa shape index (κ2) is 6.82. The van der Waals surface area contributed by atoms with Crippen molar-refractivity contribution in [2.24, 2.45) is 0 Å². The number of nitrogens with one attached hydrogen (secondary N) is 2. The molecule has 2 aromatic rings. The molecule has 21 heavy (non-hydrogen) atoms. The van der Waals surface area contributed by atoms with Gasteiger partial charge in [-0.2, -0.15) is 0 Å². The van der Waals surface area contributed by atoms with Gasteiger partial charge in [-0.3, -0.25) is 0 Å².